The highest BCUT2D eigenvalue weighted by Gasteiger charge is 2.32. The maximum Gasteiger partial charge on any atom is 0.416 e. The number of rotatable bonds is 1. The van der Waals surface area contributed by atoms with Gasteiger partial charge in [-0.3, -0.25) is 0 Å². The van der Waals surface area contributed by atoms with E-state index in [-0.39, 0.29) is 0 Å². The molecule has 3 heterocycles. The van der Waals surface area contributed by atoms with Crippen LogP contribution >= 0.6 is 0 Å². The van der Waals surface area contributed by atoms with Crippen LogP contribution < -0.4 is 10.2 Å². The van der Waals surface area contributed by atoms with E-state index >= 15 is 0 Å². The highest BCUT2D eigenvalue weighted by atomic mass is 19.4. The van der Waals surface area contributed by atoms with Crippen LogP contribution in [0.4, 0.5) is 24.7 Å². The summed E-state index contributed by atoms with van der Waals surface area (Å²) in [6.45, 7) is 3.88. The molecule has 1 aromatic heterocycles. The van der Waals surface area contributed by atoms with Gasteiger partial charge in [-0.15, -0.1) is 0 Å². The first-order chi connectivity index (χ1) is 11.4. The fourth-order valence-electron chi connectivity index (χ4n) is 3.59. The Hall–Kier alpha value is -2.24. The van der Waals surface area contributed by atoms with Crippen molar-refractivity contribution in [3.63, 3.8) is 0 Å². The van der Waals surface area contributed by atoms with E-state index in [0.717, 1.165) is 49.1 Å². The maximum absolute atomic E-state index is 13.0. The zero-order chi connectivity index (χ0) is 16.9. The number of anilines is 2. The van der Waals surface area contributed by atoms with Crippen molar-refractivity contribution in [2.45, 2.75) is 32.0 Å². The predicted octanol–water partition coefficient (Wildman–Crippen LogP) is 4.47. The summed E-state index contributed by atoms with van der Waals surface area (Å²) in [4.78, 5) is 6.98. The number of hydrogen-bond donors (Lipinski definition) is 1. The maximum atomic E-state index is 13.0. The molecule has 0 saturated carbocycles. The largest absolute Gasteiger partial charge is 0.416 e. The first-order valence-corrected chi connectivity index (χ1v) is 8.12. The van der Waals surface area contributed by atoms with Crippen LogP contribution in [-0.4, -0.2) is 24.1 Å². The highest BCUT2D eigenvalue weighted by Crippen LogP contribution is 2.38. The van der Waals surface area contributed by atoms with Gasteiger partial charge in [0.25, 0.3) is 0 Å². The molecule has 126 valence electrons. The Labute approximate surface area is 138 Å². The van der Waals surface area contributed by atoms with Gasteiger partial charge in [-0.25, -0.2) is 4.98 Å². The molecular weight excluding hydrogens is 315 g/mol. The molecule has 6 heteroatoms. The quantitative estimate of drug-likeness (QED) is 0.834. The third-order valence-electron chi connectivity index (χ3n) is 4.76. The second-order valence-corrected chi connectivity index (χ2v) is 6.53. The summed E-state index contributed by atoms with van der Waals surface area (Å²) in [5.74, 6) is 0.781. The standard InChI is InChI=1S/C18H18F3N3/c1-11-8-15-17(22-14-6-3-7-24(15)10-14)23-16(11)12-4-2-5-13(9-12)18(19,20)21/h2,4-5,8-9,14H,3,6-7,10H2,1H3,(H,22,23). The molecule has 1 atom stereocenters. The summed E-state index contributed by atoms with van der Waals surface area (Å²) in [6, 6.07) is 7.78. The summed E-state index contributed by atoms with van der Waals surface area (Å²) in [5, 5.41) is 3.44. The Kier molecular flexibility index (Phi) is 3.44. The second-order valence-electron chi connectivity index (χ2n) is 6.53. The van der Waals surface area contributed by atoms with Gasteiger partial charge in [-0.1, -0.05) is 12.1 Å². The Morgan fingerprint density at radius 1 is 1.25 bits per heavy atom. The monoisotopic (exact) mass is 333 g/mol. The SMILES string of the molecule is Cc1cc2c(nc1-c1cccc(C(F)(F)F)c1)NC1CCCN2C1. The number of benzene rings is 1. The van der Waals surface area contributed by atoms with Gasteiger partial charge < -0.3 is 10.2 Å². The zero-order valence-corrected chi connectivity index (χ0v) is 13.3. The Balaban J connectivity index is 1.79. The van der Waals surface area contributed by atoms with Gasteiger partial charge in [-0.2, -0.15) is 13.2 Å². The smallest absolute Gasteiger partial charge is 0.366 e. The number of aryl methyl sites for hydroxylation is 1. The molecule has 4 rings (SSSR count). The number of piperidine rings is 1. The summed E-state index contributed by atoms with van der Waals surface area (Å²) in [7, 11) is 0. The van der Waals surface area contributed by atoms with Crippen LogP contribution in [0.1, 0.15) is 24.0 Å². The molecule has 2 aliphatic rings. The van der Waals surface area contributed by atoms with Crippen molar-refractivity contribution < 1.29 is 13.2 Å². The minimum absolute atomic E-state index is 0.371. The van der Waals surface area contributed by atoms with Crippen LogP contribution in [0, 0.1) is 6.92 Å². The number of halogens is 3. The average Bonchev–Trinajstić information content (AvgIpc) is 2.55. The summed E-state index contributed by atoms with van der Waals surface area (Å²) in [5.41, 5.74) is 2.40. The van der Waals surface area contributed by atoms with Crippen LogP contribution in [0.5, 0.6) is 0 Å². The lowest BCUT2D eigenvalue weighted by molar-refractivity contribution is -0.137. The van der Waals surface area contributed by atoms with E-state index in [1.54, 1.807) is 6.07 Å². The van der Waals surface area contributed by atoms with Crippen molar-refractivity contribution in [2.75, 3.05) is 23.3 Å². The number of pyridine rings is 1. The van der Waals surface area contributed by atoms with Crippen LogP contribution in [0.2, 0.25) is 0 Å². The molecule has 0 amide bonds. The van der Waals surface area contributed by atoms with Crippen molar-refractivity contribution in [1.29, 1.82) is 0 Å². The molecular formula is C18H18F3N3. The molecule has 2 aromatic rings. The van der Waals surface area contributed by atoms with Gasteiger partial charge >= 0.3 is 6.18 Å². The lowest BCUT2D eigenvalue weighted by Crippen LogP contribution is -2.46. The molecule has 1 N–H and O–H groups in total. The molecule has 3 nitrogen and oxygen atoms in total. The topological polar surface area (TPSA) is 28.2 Å². The average molecular weight is 333 g/mol. The number of hydrogen-bond acceptors (Lipinski definition) is 3. The molecule has 0 aliphatic carbocycles. The Bertz CT molecular complexity index is 786. The van der Waals surface area contributed by atoms with Gasteiger partial charge in [0.1, 0.15) is 0 Å². The molecule has 2 aliphatic heterocycles. The van der Waals surface area contributed by atoms with Crippen molar-refractivity contribution in [3.8, 4) is 11.3 Å². The molecule has 1 unspecified atom stereocenters. The van der Waals surface area contributed by atoms with Crippen molar-refractivity contribution in [3.05, 3.63) is 41.5 Å². The molecule has 0 spiro atoms. The Morgan fingerprint density at radius 3 is 2.88 bits per heavy atom. The highest BCUT2D eigenvalue weighted by molar-refractivity contribution is 5.76. The van der Waals surface area contributed by atoms with Crippen LogP contribution in [0.15, 0.2) is 30.3 Å². The van der Waals surface area contributed by atoms with E-state index in [1.807, 2.05) is 13.0 Å². The Morgan fingerprint density at radius 2 is 2.08 bits per heavy atom. The molecule has 24 heavy (non-hydrogen) atoms. The molecule has 1 fully saturated rings. The number of alkyl halides is 3. The molecule has 0 radical (unpaired) electrons. The van der Waals surface area contributed by atoms with Crippen LogP contribution in [0.25, 0.3) is 11.3 Å². The number of nitrogens with one attached hydrogen (secondary N) is 1. The lowest BCUT2D eigenvalue weighted by Gasteiger charge is -2.41. The van der Waals surface area contributed by atoms with Gasteiger partial charge in [0.05, 0.1) is 16.9 Å². The number of nitrogens with zero attached hydrogens (tertiary/aromatic N) is 2. The van der Waals surface area contributed by atoms with Gasteiger partial charge in [0, 0.05) is 24.7 Å². The van der Waals surface area contributed by atoms with E-state index in [4.69, 9.17) is 0 Å². The summed E-state index contributed by atoms with van der Waals surface area (Å²) < 4.78 is 38.9. The van der Waals surface area contributed by atoms with Crippen LogP contribution in [-0.2, 0) is 6.18 Å². The van der Waals surface area contributed by atoms with Crippen molar-refractivity contribution >= 4 is 11.5 Å². The van der Waals surface area contributed by atoms with Gasteiger partial charge in [0.15, 0.2) is 5.82 Å². The molecule has 1 aromatic carbocycles. The van der Waals surface area contributed by atoms with E-state index in [1.165, 1.54) is 12.1 Å². The third-order valence-corrected chi connectivity index (χ3v) is 4.76. The first kappa shape index (κ1) is 15.3. The van der Waals surface area contributed by atoms with E-state index in [9.17, 15) is 13.2 Å². The van der Waals surface area contributed by atoms with Crippen molar-refractivity contribution in [1.82, 2.24) is 4.98 Å². The third kappa shape index (κ3) is 2.60. The first-order valence-electron chi connectivity index (χ1n) is 8.12. The fourth-order valence-corrected chi connectivity index (χ4v) is 3.59. The predicted molar refractivity (Wildman–Crippen MR) is 88.3 cm³/mol. The van der Waals surface area contributed by atoms with E-state index in [2.05, 4.69) is 15.2 Å². The normalized spacial score (nSPS) is 19.7. The zero-order valence-electron chi connectivity index (χ0n) is 13.3. The van der Waals surface area contributed by atoms with E-state index < -0.39 is 11.7 Å². The summed E-state index contributed by atoms with van der Waals surface area (Å²) in [6.07, 6.45) is -2.10. The fraction of sp³-hybridized carbons (Fsp3) is 0.389. The minimum atomic E-state index is -4.35. The minimum Gasteiger partial charge on any atom is -0.366 e. The van der Waals surface area contributed by atoms with Gasteiger partial charge in [0.2, 0.25) is 0 Å². The second kappa shape index (κ2) is 5.40. The molecule has 1 saturated heterocycles. The van der Waals surface area contributed by atoms with Gasteiger partial charge in [-0.05, 0) is 43.5 Å². The molecule has 2 bridgehead atoms. The van der Waals surface area contributed by atoms with Crippen molar-refractivity contribution in [2.24, 2.45) is 0 Å². The number of aromatic nitrogens is 1. The van der Waals surface area contributed by atoms with Crippen LogP contribution in [0.3, 0.4) is 0 Å². The summed E-state index contributed by atoms with van der Waals surface area (Å²) >= 11 is 0. The lowest BCUT2D eigenvalue weighted by atomic mass is 9.99. The van der Waals surface area contributed by atoms with E-state index in [0.29, 0.717) is 17.3 Å². The number of fused-ring (bicyclic) bond motifs is 4.